The summed E-state index contributed by atoms with van der Waals surface area (Å²) in [4.78, 5) is 12.5. The van der Waals surface area contributed by atoms with Gasteiger partial charge < -0.3 is 10.1 Å². The van der Waals surface area contributed by atoms with Crippen molar-refractivity contribution in [3.05, 3.63) is 53.8 Å². The second-order valence-corrected chi connectivity index (χ2v) is 7.87. The van der Waals surface area contributed by atoms with Gasteiger partial charge in [-0.1, -0.05) is 0 Å². The van der Waals surface area contributed by atoms with Crippen LogP contribution in [-0.4, -0.2) is 38.8 Å². The van der Waals surface area contributed by atoms with E-state index in [2.05, 4.69) is 5.32 Å². The van der Waals surface area contributed by atoms with E-state index < -0.39 is 21.7 Å². The standard InChI is InChI=1S/C18H19FN2O4S/c1-25-17-9-8-15(26(23,24)21-10-2-3-11-21)12-16(17)20-18(22)13-4-6-14(19)7-5-13/h4-9,12H,2-3,10-11H2,1H3,(H,20,22). The molecule has 2 aromatic carbocycles. The lowest BCUT2D eigenvalue weighted by Crippen LogP contribution is -2.28. The van der Waals surface area contributed by atoms with E-state index in [4.69, 9.17) is 4.74 Å². The maximum atomic E-state index is 13.0. The predicted octanol–water partition coefficient (Wildman–Crippen LogP) is 2.87. The monoisotopic (exact) mass is 378 g/mol. The summed E-state index contributed by atoms with van der Waals surface area (Å²) in [7, 11) is -2.19. The van der Waals surface area contributed by atoms with Gasteiger partial charge in [0.05, 0.1) is 17.7 Å². The molecule has 1 saturated heterocycles. The second-order valence-electron chi connectivity index (χ2n) is 5.93. The van der Waals surface area contributed by atoms with E-state index in [0.717, 1.165) is 12.8 Å². The number of benzene rings is 2. The summed E-state index contributed by atoms with van der Waals surface area (Å²) in [5.74, 6) is -0.599. The van der Waals surface area contributed by atoms with Crippen LogP contribution >= 0.6 is 0 Å². The first-order chi connectivity index (χ1) is 12.4. The Balaban J connectivity index is 1.90. The van der Waals surface area contributed by atoms with E-state index in [0.29, 0.717) is 18.8 Å². The number of hydrogen-bond acceptors (Lipinski definition) is 4. The van der Waals surface area contributed by atoms with Gasteiger partial charge in [-0.2, -0.15) is 4.31 Å². The van der Waals surface area contributed by atoms with Crippen molar-refractivity contribution >= 4 is 21.6 Å². The van der Waals surface area contributed by atoms with Crippen LogP contribution in [0.15, 0.2) is 47.4 Å². The molecule has 0 spiro atoms. The molecule has 0 atom stereocenters. The highest BCUT2D eigenvalue weighted by molar-refractivity contribution is 7.89. The Morgan fingerprint density at radius 1 is 1.12 bits per heavy atom. The van der Waals surface area contributed by atoms with Crippen LogP contribution in [0.4, 0.5) is 10.1 Å². The molecule has 6 nitrogen and oxygen atoms in total. The molecule has 2 aromatic rings. The average molecular weight is 378 g/mol. The van der Waals surface area contributed by atoms with E-state index >= 15 is 0 Å². The SMILES string of the molecule is COc1ccc(S(=O)(=O)N2CCCC2)cc1NC(=O)c1ccc(F)cc1. The van der Waals surface area contributed by atoms with Crippen molar-refractivity contribution in [2.24, 2.45) is 0 Å². The number of sulfonamides is 1. The molecule has 1 N–H and O–H groups in total. The van der Waals surface area contributed by atoms with Crippen LogP contribution in [0.3, 0.4) is 0 Å². The van der Waals surface area contributed by atoms with E-state index in [1.165, 1.54) is 53.9 Å². The van der Waals surface area contributed by atoms with Crippen molar-refractivity contribution in [1.29, 1.82) is 0 Å². The lowest BCUT2D eigenvalue weighted by Gasteiger charge is -2.17. The smallest absolute Gasteiger partial charge is 0.255 e. The minimum absolute atomic E-state index is 0.0922. The molecule has 26 heavy (non-hydrogen) atoms. The fourth-order valence-corrected chi connectivity index (χ4v) is 4.36. The molecule has 1 aliphatic rings. The molecule has 3 rings (SSSR count). The summed E-state index contributed by atoms with van der Waals surface area (Å²) in [5, 5.41) is 2.63. The van der Waals surface area contributed by atoms with E-state index in [-0.39, 0.29) is 16.1 Å². The van der Waals surface area contributed by atoms with Crippen LogP contribution in [0, 0.1) is 5.82 Å². The molecular formula is C18H19FN2O4S. The molecule has 8 heteroatoms. The fourth-order valence-electron chi connectivity index (χ4n) is 2.82. The van der Waals surface area contributed by atoms with Crippen LogP contribution in [-0.2, 0) is 10.0 Å². The molecule has 0 radical (unpaired) electrons. The van der Waals surface area contributed by atoms with Crippen molar-refractivity contribution in [2.75, 3.05) is 25.5 Å². The number of nitrogens with zero attached hydrogens (tertiary/aromatic N) is 1. The normalized spacial score (nSPS) is 15.0. The van der Waals surface area contributed by atoms with Crippen molar-refractivity contribution < 1.29 is 22.3 Å². The number of methoxy groups -OCH3 is 1. The Morgan fingerprint density at radius 3 is 2.38 bits per heavy atom. The Labute approximate surface area is 151 Å². The Kier molecular flexibility index (Phi) is 5.24. The summed E-state index contributed by atoms with van der Waals surface area (Å²) in [5.41, 5.74) is 0.489. The highest BCUT2D eigenvalue weighted by atomic mass is 32.2. The summed E-state index contributed by atoms with van der Waals surface area (Å²) < 4.78 is 45.1. The number of halogens is 1. The number of anilines is 1. The van der Waals surface area contributed by atoms with Gasteiger partial charge in [0.25, 0.3) is 5.91 Å². The van der Waals surface area contributed by atoms with E-state index in [9.17, 15) is 17.6 Å². The number of carbonyl (C=O) groups is 1. The maximum absolute atomic E-state index is 13.0. The van der Waals surface area contributed by atoms with Gasteiger partial charge in [-0.15, -0.1) is 0 Å². The molecule has 0 bridgehead atoms. The van der Waals surface area contributed by atoms with Gasteiger partial charge in [0.15, 0.2) is 0 Å². The van der Waals surface area contributed by atoms with E-state index in [1.54, 1.807) is 0 Å². The highest BCUT2D eigenvalue weighted by Gasteiger charge is 2.28. The van der Waals surface area contributed by atoms with Gasteiger partial charge in [0.2, 0.25) is 10.0 Å². The molecule has 0 saturated carbocycles. The molecule has 1 aliphatic heterocycles. The lowest BCUT2D eigenvalue weighted by atomic mass is 10.2. The highest BCUT2D eigenvalue weighted by Crippen LogP contribution is 2.30. The molecule has 0 aromatic heterocycles. The van der Waals surface area contributed by atoms with Crippen LogP contribution in [0.1, 0.15) is 23.2 Å². The molecule has 0 aliphatic carbocycles. The molecule has 0 unspecified atom stereocenters. The predicted molar refractivity (Wildman–Crippen MR) is 95.3 cm³/mol. The quantitative estimate of drug-likeness (QED) is 0.868. The first-order valence-corrected chi connectivity index (χ1v) is 9.61. The van der Waals surface area contributed by atoms with Gasteiger partial charge in [-0.3, -0.25) is 4.79 Å². The van der Waals surface area contributed by atoms with Gasteiger partial charge in [-0.25, -0.2) is 12.8 Å². The van der Waals surface area contributed by atoms with Gasteiger partial charge in [0, 0.05) is 18.7 Å². The van der Waals surface area contributed by atoms with Crippen molar-refractivity contribution in [1.82, 2.24) is 4.31 Å². The zero-order valence-electron chi connectivity index (χ0n) is 14.2. The van der Waals surface area contributed by atoms with Gasteiger partial charge in [0.1, 0.15) is 11.6 Å². The number of carbonyl (C=O) groups excluding carboxylic acids is 1. The third-order valence-electron chi connectivity index (χ3n) is 4.23. The van der Waals surface area contributed by atoms with Crippen LogP contribution < -0.4 is 10.1 Å². The number of hydrogen-bond donors (Lipinski definition) is 1. The topological polar surface area (TPSA) is 75.7 Å². The zero-order valence-corrected chi connectivity index (χ0v) is 15.1. The third kappa shape index (κ3) is 3.71. The summed E-state index contributed by atoms with van der Waals surface area (Å²) in [6, 6.07) is 9.40. The summed E-state index contributed by atoms with van der Waals surface area (Å²) in [6.45, 7) is 0.983. The first-order valence-electron chi connectivity index (χ1n) is 8.17. The lowest BCUT2D eigenvalue weighted by molar-refractivity contribution is 0.102. The first kappa shape index (κ1) is 18.3. The van der Waals surface area contributed by atoms with Crippen LogP contribution in [0.25, 0.3) is 0 Å². The fraction of sp³-hybridized carbons (Fsp3) is 0.278. The molecule has 1 heterocycles. The maximum Gasteiger partial charge on any atom is 0.255 e. The van der Waals surface area contributed by atoms with Gasteiger partial charge >= 0.3 is 0 Å². The number of amides is 1. The third-order valence-corrected chi connectivity index (χ3v) is 6.12. The van der Waals surface area contributed by atoms with Crippen LogP contribution in [0.5, 0.6) is 5.75 Å². The van der Waals surface area contributed by atoms with Crippen molar-refractivity contribution in [2.45, 2.75) is 17.7 Å². The minimum Gasteiger partial charge on any atom is -0.495 e. The average Bonchev–Trinajstić information content (AvgIpc) is 3.17. The van der Waals surface area contributed by atoms with E-state index in [1.807, 2.05) is 0 Å². The van der Waals surface area contributed by atoms with Gasteiger partial charge in [-0.05, 0) is 55.3 Å². The second kappa shape index (κ2) is 7.43. The Bertz CT molecular complexity index is 907. The number of rotatable bonds is 5. The van der Waals surface area contributed by atoms with Crippen molar-refractivity contribution in [3.63, 3.8) is 0 Å². The Morgan fingerprint density at radius 2 is 1.77 bits per heavy atom. The molecule has 138 valence electrons. The largest absolute Gasteiger partial charge is 0.495 e. The Hall–Kier alpha value is -2.45. The zero-order chi connectivity index (χ0) is 18.7. The number of nitrogens with one attached hydrogen (secondary N) is 1. The molecule has 1 fully saturated rings. The van der Waals surface area contributed by atoms with Crippen LogP contribution in [0.2, 0.25) is 0 Å². The summed E-state index contributed by atoms with van der Waals surface area (Å²) >= 11 is 0. The number of ether oxygens (including phenoxy) is 1. The minimum atomic E-state index is -3.62. The van der Waals surface area contributed by atoms with Crippen molar-refractivity contribution in [3.8, 4) is 5.75 Å². The molecular weight excluding hydrogens is 359 g/mol. The summed E-state index contributed by atoms with van der Waals surface area (Å²) in [6.07, 6.45) is 1.67. The molecule has 1 amide bonds.